The van der Waals surface area contributed by atoms with E-state index in [4.69, 9.17) is 4.74 Å². The van der Waals surface area contributed by atoms with E-state index in [0.717, 1.165) is 23.5 Å². The molecular weight excluding hydrogens is 208 g/mol. The van der Waals surface area contributed by atoms with Crippen molar-refractivity contribution in [3.63, 3.8) is 0 Å². The molecule has 0 saturated heterocycles. The molecule has 0 bridgehead atoms. The van der Waals surface area contributed by atoms with E-state index in [1.807, 2.05) is 0 Å². The summed E-state index contributed by atoms with van der Waals surface area (Å²) in [5.74, 6) is 3.47. The summed E-state index contributed by atoms with van der Waals surface area (Å²) in [5, 5.41) is 0. The summed E-state index contributed by atoms with van der Waals surface area (Å²) >= 11 is 0. The van der Waals surface area contributed by atoms with Gasteiger partial charge in [0, 0.05) is 0 Å². The summed E-state index contributed by atoms with van der Waals surface area (Å²) < 4.78 is 5.22. The maximum absolute atomic E-state index is 5.22. The Balaban J connectivity index is 2.05. The molecule has 0 amide bonds. The summed E-state index contributed by atoms with van der Waals surface area (Å²) in [6.45, 7) is 4.72. The van der Waals surface area contributed by atoms with Gasteiger partial charge < -0.3 is 4.74 Å². The van der Waals surface area contributed by atoms with Crippen LogP contribution in [0.2, 0.25) is 0 Å². The van der Waals surface area contributed by atoms with E-state index >= 15 is 0 Å². The average molecular weight is 232 g/mol. The molecular formula is C16H24O. The Hall–Kier alpha value is -0.980. The molecule has 94 valence electrons. The van der Waals surface area contributed by atoms with Crippen LogP contribution in [0.1, 0.15) is 51.0 Å². The minimum Gasteiger partial charge on any atom is -0.497 e. The second kappa shape index (κ2) is 5.57. The van der Waals surface area contributed by atoms with Gasteiger partial charge in [-0.15, -0.1) is 0 Å². The Bertz CT molecular complexity index is 339. The quantitative estimate of drug-likeness (QED) is 0.738. The predicted molar refractivity (Wildman–Crippen MR) is 72.5 cm³/mol. The van der Waals surface area contributed by atoms with Crippen LogP contribution in [0.15, 0.2) is 24.3 Å². The van der Waals surface area contributed by atoms with Crippen molar-refractivity contribution in [1.29, 1.82) is 0 Å². The fourth-order valence-corrected chi connectivity index (χ4v) is 3.01. The lowest BCUT2D eigenvalue weighted by Gasteiger charge is -2.32. The SMILES string of the molecule is COc1ccc(C2CCCC(C(C)C)C2)cc1. The Labute approximate surface area is 105 Å². The van der Waals surface area contributed by atoms with Crippen LogP contribution in [-0.2, 0) is 0 Å². The Kier molecular flexibility index (Phi) is 4.09. The normalized spacial score (nSPS) is 24.9. The summed E-state index contributed by atoms with van der Waals surface area (Å²) in [6.07, 6.45) is 5.53. The van der Waals surface area contributed by atoms with Gasteiger partial charge in [0.15, 0.2) is 0 Å². The number of methoxy groups -OCH3 is 1. The molecule has 1 nitrogen and oxygen atoms in total. The molecule has 0 aliphatic heterocycles. The van der Waals surface area contributed by atoms with Gasteiger partial charge in [-0.1, -0.05) is 38.8 Å². The molecule has 1 aliphatic carbocycles. The fourth-order valence-electron chi connectivity index (χ4n) is 3.01. The van der Waals surface area contributed by atoms with Gasteiger partial charge in [0.25, 0.3) is 0 Å². The van der Waals surface area contributed by atoms with Gasteiger partial charge in [-0.2, -0.15) is 0 Å². The lowest BCUT2D eigenvalue weighted by Crippen LogP contribution is -2.18. The van der Waals surface area contributed by atoms with E-state index in [-0.39, 0.29) is 0 Å². The standard InChI is InChI=1S/C16H24O/c1-12(2)14-5-4-6-15(11-14)13-7-9-16(17-3)10-8-13/h7-10,12,14-15H,4-6,11H2,1-3H3. The topological polar surface area (TPSA) is 9.23 Å². The van der Waals surface area contributed by atoms with Gasteiger partial charge in [0.2, 0.25) is 0 Å². The Morgan fingerprint density at radius 2 is 1.82 bits per heavy atom. The van der Waals surface area contributed by atoms with Crippen LogP contribution in [0.25, 0.3) is 0 Å². The smallest absolute Gasteiger partial charge is 0.118 e. The molecule has 17 heavy (non-hydrogen) atoms. The first-order valence-corrected chi connectivity index (χ1v) is 6.84. The van der Waals surface area contributed by atoms with E-state index in [0.29, 0.717) is 0 Å². The molecule has 1 aromatic carbocycles. The molecule has 1 aromatic rings. The van der Waals surface area contributed by atoms with Crippen molar-refractivity contribution in [2.75, 3.05) is 7.11 Å². The highest BCUT2D eigenvalue weighted by atomic mass is 16.5. The summed E-state index contributed by atoms with van der Waals surface area (Å²) in [7, 11) is 1.73. The predicted octanol–water partition coefficient (Wildman–Crippen LogP) is 4.63. The van der Waals surface area contributed by atoms with Crippen molar-refractivity contribution >= 4 is 0 Å². The van der Waals surface area contributed by atoms with Crippen molar-refractivity contribution in [2.24, 2.45) is 11.8 Å². The van der Waals surface area contributed by atoms with E-state index in [2.05, 4.69) is 38.1 Å². The minimum absolute atomic E-state index is 0.766. The highest BCUT2D eigenvalue weighted by Gasteiger charge is 2.24. The van der Waals surface area contributed by atoms with Crippen molar-refractivity contribution in [3.05, 3.63) is 29.8 Å². The number of benzene rings is 1. The monoisotopic (exact) mass is 232 g/mol. The third-order valence-electron chi connectivity index (χ3n) is 4.24. The number of ether oxygens (including phenoxy) is 1. The third kappa shape index (κ3) is 3.02. The Morgan fingerprint density at radius 3 is 2.41 bits per heavy atom. The second-order valence-corrected chi connectivity index (χ2v) is 5.64. The summed E-state index contributed by atoms with van der Waals surface area (Å²) in [5.41, 5.74) is 1.50. The summed E-state index contributed by atoms with van der Waals surface area (Å²) in [6, 6.07) is 8.67. The Morgan fingerprint density at radius 1 is 1.12 bits per heavy atom. The second-order valence-electron chi connectivity index (χ2n) is 5.64. The first kappa shape index (κ1) is 12.5. The highest BCUT2D eigenvalue weighted by molar-refractivity contribution is 5.29. The molecule has 1 aliphatic rings. The molecule has 1 heteroatoms. The van der Waals surface area contributed by atoms with Gasteiger partial charge in [0.1, 0.15) is 5.75 Å². The van der Waals surface area contributed by atoms with Crippen LogP contribution in [-0.4, -0.2) is 7.11 Å². The molecule has 0 aromatic heterocycles. The molecule has 1 fully saturated rings. The molecule has 2 unspecified atom stereocenters. The average Bonchev–Trinajstić information content (AvgIpc) is 2.39. The molecule has 0 spiro atoms. The number of hydrogen-bond donors (Lipinski definition) is 0. The number of hydrogen-bond acceptors (Lipinski definition) is 1. The van der Waals surface area contributed by atoms with Gasteiger partial charge in [-0.3, -0.25) is 0 Å². The molecule has 0 radical (unpaired) electrons. The van der Waals surface area contributed by atoms with E-state index in [1.54, 1.807) is 7.11 Å². The van der Waals surface area contributed by atoms with Crippen molar-refractivity contribution < 1.29 is 4.74 Å². The van der Waals surface area contributed by atoms with Gasteiger partial charge in [0.05, 0.1) is 7.11 Å². The zero-order valence-electron chi connectivity index (χ0n) is 11.3. The van der Waals surface area contributed by atoms with Crippen LogP contribution in [0.3, 0.4) is 0 Å². The van der Waals surface area contributed by atoms with Gasteiger partial charge in [-0.05, 0) is 48.3 Å². The maximum atomic E-state index is 5.22. The lowest BCUT2D eigenvalue weighted by atomic mass is 9.74. The van der Waals surface area contributed by atoms with Gasteiger partial charge in [-0.25, -0.2) is 0 Å². The zero-order chi connectivity index (χ0) is 12.3. The zero-order valence-corrected chi connectivity index (χ0v) is 11.3. The van der Waals surface area contributed by atoms with Crippen LogP contribution in [0, 0.1) is 11.8 Å². The van der Waals surface area contributed by atoms with Crippen LogP contribution >= 0.6 is 0 Å². The molecule has 2 rings (SSSR count). The third-order valence-corrected chi connectivity index (χ3v) is 4.24. The lowest BCUT2D eigenvalue weighted by molar-refractivity contribution is 0.254. The molecule has 1 saturated carbocycles. The summed E-state index contributed by atoms with van der Waals surface area (Å²) in [4.78, 5) is 0. The first-order chi connectivity index (χ1) is 8.20. The van der Waals surface area contributed by atoms with E-state index in [1.165, 1.54) is 31.2 Å². The van der Waals surface area contributed by atoms with Crippen LogP contribution < -0.4 is 4.74 Å². The number of rotatable bonds is 3. The van der Waals surface area contributed by atoms with Crippen molar-refractivity contribution in [1.82, 2.24) is 0 Å². The first-order valence-electron chi connectivity index (χ1n) is 6.84. The van der Waals surface area contributed by atoms with Crippen LogP contribution in [0.4, 0.5) is 0 Å². The van der Waals surface area contributed by atoms with Gasteiger partial charge >= 0.3 is 0 Å². The molecule has 2 atom stereocenters. The fraction of sp³-hybridized carbons (Fsp3) is 0.625. The van der Waals surface area contributed by atoms with Crippen molar-refractivity contribution in [3.8, 4) is 5.75 Å². The van der Waals surface area contributed by atoms with Crippen molar-refractivity contribution in [2.45, 2.75) is 45.4 Å². The maximum Gasteiger partial charge on any atom is 0.118 e. The molecule has 0 N–H and O–H groups in total. The van der Waals surface area contributed by atoms with E-state index < -0.39 is 0 Å². The minimum atomic E-state index is 0.766. The van der Waals surface area contributed by atoms with Crippen LogP contribution in [0.5, 0.6) is 5.75 Å². The molecule has 0 heterocycles. The largest absolute Gasteiger partial charge is 0.497 e. The van der Waals surface area contributed by atoms with E-state index in [9.17, 15) is 0 Å². The highest BCUT2D eigenvalue weighted by Crippen LogP contribution is 2.39.